The van der Waals surface area contributed by atoms with Crippen molar-refractivity contribution in [2.45, 2.75) is 52.4 Å². The summed E-state index contributed by atoms with van der Waals surface area (Å²) < 4.78 is 49.6. The average molecular weight is 441 g/mol. The van der Waals surface area contributed by atoms with Gasteiger partial charge in [0.25, 0.3) is 0 Å². The molecule has 0 aromatic heterocycles. The molecule has 1 aliphatic rings. The van der Waals surface area contributed by atoms with Gasteiger partial charge in [0, 0.05) is 17.5 Å². The highest BCUT2D eigenvalue weighted by Crippen LogP contribution is 2.42. The zero-order chi connectivity index (χ0) is 23.8. The molecule has 2 aromatic carbocycles. The maximum Gasteiger partial charge on any atom is 0.201 e. The summed E-state index contributed by atoms with van der Waals surface area (Å²) in [6.45, 7) is 17.8. The Labute approximate surface area is 189 Å². The number of halogens is 3. The Morgan fingerprint density at radius 2 is 1.53 bits per heavy atom. The van der Waals surface area contributed by atoms with Crippen molar-refractivity contribution in [1.82, 2.24) is 0 Å². The van der Waals surface area contributed by atoms with E-state index in [0.29, 0.717) is 54.4 Å². The summed E-state index contributed by atoms with van der Waals surface area (Å²) >= 11 is 0. The number of hydrogen-bond donors (Lipinski definition) is 0. The van der Waals surface area contributed by atoms with Crippen LogP contribution in [0.5, 0.6) is 11.5 Å². The van der Waals surface area contributed by atoms with E-state index in [-0.39, 0.29) is 11.5 Å². The molecule has 0 atom stereocenters. The van der Waals surface area contributed by atoms with Crippen LogP contribution in [-0.2, 0) is 19.3 Å². The van der Waals surface area contributed by atoms with Crippen LogP contribution < -0.4 is 4.74 Å². The predicted molar refractivity (Wildman–Crippen MR) is 127 cm³/mol. The van der Waals surface area contributed by atoms with Crippen molar-refractivity contribution in [3.05, 3.63) is 108 Å². The molecule has 2 aromatic rings. The summed E-state index contributed by atoms with van der Waals surface area (Å²) in [4.78, 5) is 0. The van der Waals surface area contributed by atoms with Crippen LogP contribution in [-0.4, -0.2) is 0 Å². The van der Waals surface area contributed by atoms with Gasteiger partial charge in [0.1, 0.15) is 0 Å². The lowest BCUT2D eigenvalue weighted by molar-refractivity contribution is 0.377. The second-order valence-corrected chi connectivity index (χ2v) is 7.71. The van der Waals surface area contributed by atoms with Crippen LogP contribution in [0.3, 0.4) is 0 Å². The molecular weight excluding hydrogens is 409 g/mol. The summed E-state index contributed by atoms with van der Waals surface area (Å²) in [5, 5.41) is 0. The molecule has 170 valence electrons. The van der Waals surface area contributed by atoms with Crippen LogP contribution in [0.1, 0.15) is 55.4 Å². The van der Waals surface area contributed by atoms with Crippen LogP contribution in [0.4, 0.5) is 13.2 Å². The molecule has 0 saturated heterocycles. The van der Waals surface area contributed by atoms with Gasteiger partial charge in [0.15, 0.2) is 23.1 Å². The van der Waals surface area contributed by atoms with Gasteiger partial charge in [-0.25, -0.2) is 8.78 Å². The van der Waals surface area contributed by atoms with E-state index >= 15 is 4.39 Å². The minimum atomic E-state index is -1.04. The van der Waals surface area contributed by atoms with Gasteiger partial charge in [-0.05, 0) is 42.9 Å². The summed E-state index contributed by atoms with van der Waals surface area (Å²) in [6.07, 6.45) is 7.13. The fourth-order valence-electron chi connectivity index (χ4n) is 3.53. The third kappa shape index (κ3) is 5.61. The van der Waals surface area contributed by atoms with Crippen molar-refractivity contribution in [3.8, 4) is 11.5 Å². The van der Waals surface area contributed by atoms with Crippen LogP contribution in [0.15, 0.2) is 67.8 Å². The molecule has 3 rings (SSSR count). The molecule has 1 aliphatic heterocycles. The van der Waals surface area contributed by atoms with Crippen molar-refractivity contribution < 1.29 is 17.9 Å². The Balaban J connectivity index is 0.00000176. The number of ether oxygens (including phenoxy) is 1. The van der Waals surface area contributed by atoms with Crippen LogP contribution in [0.25, 0.3) is 0 Å². The first kappa shape index (κ1) is 25.3. The van der Waals surface area contributed by atoms with E-state index in [0.717, 1.165) is 17.6 Å². The molecule has 1 heterocycles. The second-order valence-electron chi connectivity index (χ2n) is 7.71. The van der Waals surface area contributed by atoms with Crippen LogP contribution >= 0.6 is 0 Å². The topological polar surface area (TPSA) is 9.23 Å². The maximum absolute atomic E-state index is 15.1. The molecule has 0 radical (unpaired) electrons. The van der Waals surface area contributed by atoms with E-state index in [9.17, 15) is 8.78 Å². The number of benzene rings is 2. The Morgan fingerprint density at radius 3 is 2.19 bits per heavy atom. The Hall–Kier alpha value is -3.01. The van der Waals surface area contributed by atoms with Crippen LogP contribution in [0, 0.1) is 17.5 Å². The molecule has 0 fully saturated rings. The van der Waals surface area contributed by atoms with E-state index in [2.05, 4.69) is 26.3 Å². The smallest absolute Gasteiger partial charge is 0.201 e. The molecule has 32 heavy (non-hydrogen) atoms. The average Bonchev–Trinajstić information content (AvgIpc) is 2.81. The zero-order valence-corrected chi connectivity index (χ0v) is 19.0. The normalized spacial score (nSPS) is 11.8. The first-order valence-corrected chi connectivity index (χ1v) is 10.9. The monoisotopic (exact) mass is 440 g/mol. The van der Waals surface area contributed by atoms with Gasteiger partial charge in [-0.15, -0.1) is 13.2 Å². The van der Waals surface area contributed by atoms with Crippen molar-refractivity contribution in [2.24, 2.45) is 0 Å². The number of allylic oxidation sites excluding steroid dienone is 4. The first-order chi connectivity index (χ1) is 15.3. The van der Waals surface area contributed by atoms with Crippen molar-refractivity contribution in [2.75, 3.05) is 0 Å². The first-order valence-electron chi connectivity index (χ1n) is 10.9. The lowest BCUT2D eigenvalue weighted by atomic mass is 9.94. The van der Waals surface area contributed by atoms with Gasteiger partial charge in [-0.1, -0.05) is 68.9 Å². The standard InChI is InChI=1S/C26H27F3O.C2H4/c1-5-7-19-14-21-15-20-13-12-18(11-10-17(4)9-8-16(3)6-2)23(28)25(20)30-26(21)24(29)22(19)27;1-2/h8-9,12-14H,3-7,10-11,15H2,1-2H3;1-2H2/b9-8-;. The lowest BCUT2D eigenvalue weighted by Gasteiger charge is -2.23. The highest BCUT2D eigenvalue weighted by Gasteiger charge is 2.28. The van der Waals surface area contributed by atoms with E-state index in [1.54, 1.807) is 18.2 Å². The summed E-state index contributed by atoms with van der Waals surface area (Å²) in [5.41, 5.74) is 3.84. The molecule has 0 aliphatic carbocycles. The number of hydrogen-bond acceptors (Lipinski definition) is 1. The van der Waals surface area contributed by atoms with E-state index < -0.39 is 17.5 Å². The molecule has 0 bridgehead atoms. The van der Waals surface area contributed by atoms with Crippen molar-refractivity contribution in [3.63, 3.8) is 0 Å². The van der Waals surface area contributed by atoms with E-state index in [4.69, 9.17) is 4.74 Å². The van der Waals surface area contributed by atoms with Gasteiger partial charge in [0.2, 0.25) is 5.82 Å². The molecule has 0 unspecified atom stereocenters. The summed E-state index contributed by atoms with van der Waals surface area (Å²) in [5.74, 6) is -2.69. The summed E-state index contributed by atoms with van der Waals surface area (Å²) in [6, 6.07) is 5.17. The molecule has 0 spiro atoms. The van der Waals surface area contributed by atoms with Crippen LogP contribution in [0.2, 0.25) is 0 Å². The number of aryl methyl sites for hydroxylation is 2. The highest BCUT2D eigenvalue weighted by atomic mass is 19.2. The Bertz CT molecular complexity index is 1030. The second kappa shape index (κ2) is 11.6. The minimum Gasteiger partial charge on any atom is -0.450 e. The molecule has 0 N–H and O–H groups in total. The van der Waals surface area contributed by atoms with Gasteiger partial charge < -0.3 is 4.74 Å². The third-order valence-electron chi connectivity index (χ3n) is 5.40. The molecule has 0 amide bonds. The number of rotatable bonds is 8. The fourth-order valence-corrected chi connectivity index (χ4v) is 3.53. The predicted octanol–water partition coefficient (Wildman–Crippen LogP) is 8.57. The highest BCUT2D eigenvalue weighted by molar-refractivity contribution is 5.53. The minimum absolute atomic E-state index is 0.0120. The number of fused-ring (bicyclic) bond motifs is 2. The molecule has 4 heteroatoms. The van der Waals surface area contributed by atoms with Crippen molar-refractivity contribution >= 4 is 0 Å². The van der Waals surface area contributed by atoms with Gasteiger partial charge in [-0.2, -0.15) is 4.39 Å². The largest absolute Gasteiger partial charge is 0.450 e. The fraction of sp³-hybridized carbons (Fsp3) is 0.286. The quantitative estimate of drug-likeness (QED) is 0.252. The van der Waals surface area contributed by atoms with Crippen molar-refractivity contribution in [1.29, 1.82) is 0 Å². The third-order valence-corrected chi connectivity index (χ3v) is 5.40. The Kier molecular flexibility index (Phi) is 9.13. The maximum atomic E-state index is 15.1. The van der Waals surface area contributed by atoms with Gasteiger partial charge in [-0.3, -0.25) is 0 Å². The lowest BCUT2D eigenvalue weighted by Crippen LogP contribution is -2.11. The molecule has 0 saturated carbocycles. The Morgan fingerprint density at radius 1 is 0.875 bits per heavy atom. The SMILES string of the molecule is C=C.C=C(/C=C\C(=C)CCc1ccc2c(c1F)Oc1c(cc(CCC)c(F)c1F)C2)CC. The van der Waals surface area contributed by atoms with E-state index in [1.807, 2.05) is 26.0 Å². The summed E-state index contributed by atoms with van der Waals surface area (Å²) in [7, 11) is 0. The zero-order valence-electron chi connectivity index (χ0n) is 19.0. The molecular formula is C28H31F3O. The van der Waals surface area contributed by atoms with E-state index in [1.165, 1.54) is 0 Å². The molecule has 1 nitrogen and oxygen atoms in total. The van der Waals surface area contributed by atoms with Gasteiger partial charge >= 0.3 is 0 Å². The van der Waals surface area contributed by atoms with Gasteiger partial charge in [0.05, 0.1) is 0 Å².